The minimum absolute atomic E-state index is 0.0593. The van der Waals surface area contributed by atoms with Gasteiger partial charge >= 0.3 is 0 Å². The molecule has 0 fully saturated rings. The lowest BCUT2D eigenvalue weighted by atomic mass is 10.1. The van der Waals surface area contributed by atoms with Crippen LogP contribution in [0.15, 0.2) is 24.3 Å². The summed E-state index contributed by atoms with van der Waals surface area (Å²) < 4.78 is 16.0. The molecule has 0 aliphatic rings. The Morgan fingerprint density at radius 3 is 2.48 bits per heavy atom. The van der Waals surface area contributed by atoms with Crippen LogP contribution in [0.2, 0.25) is 0 Å². The number of benzene rings is 1. The number of amides is 1. The molecule has 124 valence electrons. The van der Waals surface area contributed by atoms with Gasteiger partial charge in [0.15, 0.2) is 0 Å². The van der Waals surface area contributed by atoms with Gasteiger partial charge in [-0.1, -0.05) is 25.1 Å². The molecule has 0 radical (unpaired) electrons. The highest BCUT2D eigenvalue weighted by Crippen LogP contribution is 2.24. The molecule has 0 saturated heterocycles. The van der Waals surface area contributed by atoms with Gasteiger partial charge in [0.1, 0.15) is 11.5 Å². The maximum atomic E-state index is 14.0. The third-order valence-corrected chi connectivity index (χ3v) is 4.19. The monoisotopic (exact) mass is 316 g/mol. The Morgan fingerprint density at radius 2 is 1.91 bits per heavy atom. The summed E-state index contributed by atoms with van der Waals surface area (Å²) in [6, 6.07) is 6.77. The van der Waals surface area contributed by atoms with Crippen LogP contribution in [0, 0.1) is 19.7 Å². The SMILES string of the molecule is CCc1c(C)c(C(=O)NC(C)C)n(Cc2ccccc2F)c1C. The Hall–Kier alpha value is -2.10. The maximum Gasteiger partial charge on any atom is 0.268 e. The van der Waals surface area contributed by atoms with Crippen LogP contribution in [0.4, 0.5) is 4.39 Å². The van der Waals surface area contributed by atoms with E-state index in [0.29, 0.717) is 17.8 Å². The molecule has 1 aromatic heterocycles. The fourth-order valence-electron chi connectivity index (χ4n) is 3.09. The van der Waals surface area contributed by atoms with Gasteiger partial charge in [0.25, 0.3) is 5.91 Å². The third kappa shape index (κ3) is 3.46. The first-order chi connectivity index (χ1) is 10.9. The average Bonchev–Trinajstić information content (AvgIpc) is 2.71. The summed E-state index contributed by atoms with van der Waals surface area (Å²) >= 11 is 0. The maximum absolute atomic E-state index is 14.0. The van der Waals surface area contributed by atoms with Gasteiger partial charge in [-0.25, -0.2) is 4.39 Å². The first-order valence-corrected chi connectivity index (χ1v) is 8.09. The number of halogens is 1. The molecule has 2 aromatic rings. The zero-order valence-corrected chi connectivity index (χ0v) is 14.5. The third-order valence-electron chi connectivity index (χ3n) is 4.19. The van der Waals surface area contributed by atoms with Crippen LogP contribution >= 0.6 is 0 Å². The Kier molecular flexibility index (Phi) is 5.24. The second kappa shape index (κ2) is 6.99. The van der Waals surface area contributed by atoms with Gasteiger partial charge < -0.3 is 9.88 Å². The molecular weight excluding hydrogens is 291 g/mol. The van der Waals surface area contributed by atoms with Crippen LogP contribution in [0.1, 0.15) is 53.6 Å². The number of aromatic nitrogens is 1. The summed E-state index contributed by atoms with van der Waals surface area (Å²) in [4.78, 5) is 12.6. The molecule has 1 N–H and O–H groups in total. The van der Waals surface area contributed by atoms with E-state index in [1.54, 1.807) is 12.1 Å². The molecule has 0 aliphatic heterocycles. The number of carbonyl (C=O) groups is 1. The lowest BCUT2D eigenvalue weighted by Gasteiger charge is -2.14. The smallest absolute Gasteiger partial charge is 0.268 e. The van der Waals surface area contributed by atoms with Crippen molar-refractivity contribution >= 4 is 5.91 Å². The summed E-state index contributed by atoms with van der Waals surface area (Å²) in [6.07, 6.45) is 0.851. The Balaban J connectivity index is 2.53. The van der Waals surface area contributed by atoms with Crippen molar-refractivity contribution in [3.63, 3.8) is 0 Å². The standard InChI is InChI=1S/C19H25FN2O/c1-6-16-13(4)18(19(23)21-12(2)3)22(14(16)5)11-15-9-7-8-10-17(15)20/h7-10,12H,6,11H2,1-5H3,(H,21,23). The molecule has 4 heteroatoms. The van der Waals surface area contributed by atoms with Crippen LogP contribution in [0.3, 0.4) is 0 Å². The number of nitrogens with one attached hydrogen (secondary N) is 1. The van der Waals surface area contributed by atoms with Gasteiger partial charge in [0.05, 0.1) is 6.54 Å². The van der Waals surface area contributed by atoms with Crippen molar-refractivity contribution in [2.45, 2.75) is 53.6 Å². The predicted octanol–water partition coefficient (Wildman–Crippen LogP) is 3.99. The molecule has 0 unspecified atom stereocenters. The van der Waals surface area contributed by atoms with Gasteiger partial charge in [-0.15, -0.1) is 0 Å². The minimum atomic E-state index is -0.244. The number of hydrogen-bond acceptors (Lipinski definition) is 1. The predicted molar refractivity (Wildman–Crippen MR) is 91.4 cm³/mol. The molecule has 1 heterocycles. The molecule has 23 heavy (non-hydrogen) atoms. The van der Waals surface area contributed by atoms with Gasteiger partial charge in [0, 0.05) is 17.3 Å². The summed E-state index contributed by atoms with van der Waals surface area (Å²) in [5, 5.41) is 2.95. The molecule has 0 bridgehead atoms. The number of nitrogens with zero attached hydrogens (tertiary/aromatic N) is 1. The lowest BCUT2D eigenvalue weighted by Crippen LogP contribution is -2.32. The van der Waals surface area contributed by atoms with Gasteiger partial charge in [-0.05, 0) is 51.3 Å². The van der Waals surface area contributed by atoms with Crippen molar-refractivity contribution in [3.8, 4) is 0 Å². The number of rotatable bonds is 5. The molecule has 1 amide bonds. The largest absolute Gasteiger partial charge is 0.349 e. The van der Waals surface area contributed by atoms with Crippen molar-refractivity contribution < 1.29 is 9.18 Å². The zero-order valence-electron chi connectivity index (χ0n) is 14.5. The van der Waals surface area contributed by atoms with Crippen molar-refractivity contribution in [2.24, 2.45) is 0 Å². The van der Waals surface area contributed by atoms with Crippen LogP contribution in [0.5, 0.6) is 0 Å². The highest BCUT2D eigenvalue weighted by molar-refractivity contribution is 5.95. The van der Waals surface area contributed by atoms with Gasteiger partial charge in [-0.2, -0.15) is 0 Å². The molecule has 3 nitrogen and oxygen atoms in total. The van der Waals surface area contributed by atoms with E-state index in [-0.39, 0.29) is 17.8 Å². The fourth-order valence-corrected chi connectivity index (χ4v) is 3.09. The molecule has 0 atom stereocenters. The van der Waals surface area contributed by atoms with E-state index >= 15 is 0 Å². The highest BCUT2D eigenvalue weighted by Gasteiger charge is 2.22. The second-order valence-corrected chi connectivity index (χ2v) is 6.20. The first-order valence-electron chi connectivity index (χ1n) is 8.09. The van der Waals surface area contributed by atoms with Crippen LogP contribution in [-0.2, 0) is 13.0 Å². The van der Waals surface area contributed by atoms with Crippen LogP contribution in [0.25, 0.3) is 0 Å². The van der Waals surface area contributed by atoms with Crippen LogP contribution in [-0.4, -0.2) is 16.5 Å². The van der Waals surface area contributed by atoms with E-state index in [2.05, 4.69) is 12.2 Å². The van der Waals surface area contributed by atoms with E-state index in [9.17, 15) is 9.18 Å². The summed E-state index contributed by atoms with van der Waals surface area (Å²) in [6.45, 7) is 10.3. The topological polar surface area (TPSA) is 34.0 Å². The van der Waals surface area contributed by atoms with E-state index in [1.807, 2.05) is 38.3 Å². The summed E-state index contributed by atoms with van der Waals surface area (Å²) in [7, 11) is 0. The van der Waals surface area contributed by atoms with Crippen molar-refractivity contribution in [2.75, 3.05) is 0 Å². The van der Waals surface area contributed by atoms with Gasteiger partial charge in [0.2, 0.25) is 0 Å². The van der Waals surface area contributed by atoms with Crippen molar-refractivity contribution in [1.82, 2.24) is 9.88 Å². The normalized spacial score (nSPS) is 11.1. The molecule has 0 spiro atoms. The van der Waals surface area contributed by atoms with E-state index in [0.717, 1.165) is 23.2 Å². The highest BCUT2D eigenvalue weighted by atomic mass is 19.1. The lowest BCUT2D eigenvalue weighted by molar-refractivity contribution is 0.0933. The molecule has 0 aliphatic carbocycles. The van der Waals surface area contributed by atoms with Crippen LogP contribution < -0.4 is 5.32 Å². The Morgan fingerprint density at radius 1 is 1.26 bits per heavy atom. The van der Waals surface area contributed by atoms with Crippen molar-refractivity contribution in [1.29, 1.82) is 0 Å². The van der Waals surface area contributed by atoms with E-state index in [1.165, 1.54) is 6.07 Å². The fraction of sp³-hybridized carbons (Fsp3) is 0.421. The van der Waals surface area contributed by atoms with E-state index < -0.39 is 0 Å². The zero-order chi connectivity index (χ0) is 17.1. The van der Waals surface area contributed by atoms with Gasteiger partial charge in [-0.3, -0.25) is 4.79 Å². The summed E-state index contributed by atoms with van der Waals surface area (Å²) in [5.41, 5.74) is 4.40. The Bertz CT molecular complexity index is 716. The molecule has 2 rings (SSSR count). The second-order valence-electron chi connectivity index (χ2n) is 6.20. The summed E-state index contributed by atoms with van der Waals surface area (Å²) in [5.74, 6) is -0.344. The Labute approximate surface area is 137 Å². The minimum Gasteiger partial charge on any atom is -0.349 e. The molecule has 0 saturated carbocycles. The first kappa shape index (κ1) is 17.3. The van der Waals surface area contributed by atoms with E-state index in [4.69, 9.17) is 0 Å². The number of carbonyl (C=O) groups excluding carboxylic acids is 1. The quantitative estimate of drug-likeness (QED) is 0.889. The average molecular weight is 316 g/mol. The number of hydrogen-bond donors (Lipinski definition) is 1. The molecular formula is C19H25FN2O. The van der Waals surface area contributed by atoms with Crippen molar-refractivity contribution in [3.05, 3.63) is 58.2 Å². The molecule has 1 aromatic carbocycles.